The van der Waals surface area contributed by atoms with Gasteiger partial charge in [-0.15, -0.1) is 0 Å². The molecule has 6 aromatic carbocycles. The van der Waals surface area contributed by atoms with E-state index in [4.69, 9.17) is 15.5 Å². The summed E-state index contributed by atoms with van der Waals surface area (Å²) in [6.45, 7) is 1.76. The van der Waals surface area contributed by atoms with E-state index in [0.717, 1.165) is 68.5 Å². The second kappa shape index (κ2) is 17.6. The minimum Gasteiger partial charge on any atom is -0.475 e. The van der Waals surface area contributed by atoms with Crippen LogP contribution in [0, 0.1) is 6.92 Å². The van der Waals surface area contributed by atoms with Crippen molar-refractivity contribution in [1.29, 1.82) is 0 Å². The lowest BCUT2D eigenvalue weighted by Crippen LogP contribution is -2.06. The summed E-state index contributed by atoms with van der Waals surface area (Å²) in [6, 6.07) is 48.2. The fourth-order valence-corrected chi connectivity index (χ4v) is 6.09. The third kappa shape index (κ3) is 8.47. The highest BCUT2D eigenvalue weighted by Gasteiger charge is 2.15. The maximum absolute atomic E-state index is 10.5. The fraction of sp³-hybridized carbons (Fsp3) is 0.0227. The van der Waals surface area contributed by atoms with Crippen molar-refractivity contribution in [3.05, 3.63) is 182 Å². The average Bonchev–Trinajstić information content (AvgIpc) is 4.10. The van der Waals surface area contributed by atoms with Gasteiger partial charge in [-0.3, -0.25) is 0 Å². The Hall–Kier alpha value is -8.79. The van der Waals surface area contributed by atoms with Crippen molar-refractivity contribution >= 4 is 61.0 Å². The maximum atomic E-state index is 10.5. The summed E-state index contributed by atoms with van der Waals surface area (Å²) < 4.78 is 4.92. The Bertz CT molecular complexity index is 3110. The zero-order valence-corrected chi connectivity index (χ0v) is 31.8. The molecule has 0 saturated heterocycles. The van der Waals surface area contributed by atoms with Crippen LogP contribution in [-0.2, 0) is 0 Å². The van der Waals surface area contributed by atoms with E-state index >= 15 is 0 Å². The number of aromatic carboxylic acids is 1. The number of hydrogen-bond acceptors (Lipinski definition) is 10. The van der Waals surface area contributed by atoms with Gasteiger partial charge in [-0.05, 0) is 67.6 Å². The van der Waals surface area contributed by atoms with Crippen LogP contribution in [0.25, 0.3) is 66.4 Å². The van der Waals surface area contributed by atoms with Gasteiger partial charge in [0, 0.05) is 17.1 Å². The Morgan fingerprint density at radius 3 is 1.50 bits per heavy atom. The molecular weight excluding hydrogens is 767 g/mol. The number of aromatic nitrogens is 9. The standard InChI is InChI=1S/C13H10N2O.C8H6N2O3.C8H8N2O.C8H7NO.C7H6N2O/c16-15-12-9-5-4-8-11(12)14-13(15)10-6-2-1-3-7-10;11-8(12)7-9-5-3-1-2-4-6(5)10(7)13;1-6-9-7-4-2-3-5-8(7)10(6)11;10-9-6-5-7-3-1-2-4-8(7)9;10-9-5-8-6-3-1-2-4-7(6)9/h1-9,16H;1-4,13H,(H,11,12);2-5,11H,1H3;1-6,10H;1-5,10H. The lowest BCUT2D eigenvalue weighted by atomic mass is 10.2. The van der Waals surface area contributed by atoms with E-state index in [1.54, 1.807) is 37.4 Å². The second-order valence-corrected chi connectivity index (χ2v) is 12.9. The Morgan fingerprint density at radius 2 is 0.950 bits per heavy atom. The Labute approximate surface area is 340 Å². The molecule has 0 fully saturated rings. The molecule has 0 aliphatic carbocycles. The van der Waals surface area contributed by atoms with E-state index in [1.165, 1.54) is 6.33 Å². The predicted octanol–water partition coefficient (Wildman–Crippen LogP) is 8.65. The van der Waals surface area contributed by atoms with Crippen LogP contribution < -0.4 is 0 Å². The Kier molecular flexibility index (Phi) is 11.5. The number of fused-ring (bicyclic) bond motifs is 5. The molecule has 5 heterocycles. The summed E-state index contributed by atoms with van der Waals surface area (Å²) in [5, 5.41) is 56.6. The van der Waals surface area contributed by atoms with Crippen LogP contribution in [-0.4, -0.2) is 80.7 Å². The summed E-state index contributed by atoms with van der Waals surface area (Å²) in [6.07, 6.45) is 3.01. The summed E-state index contributed by atoms with van der Waals surface area (Å²) >= 11 is 0. The first-order valence-corrected chi connectivity index (χ1v) is 18.2. The van der Waals surface area contributed by atoms with Gasteiger partial charge in [0.05, 0.1) is 27.6 Å². The molecule has 300 valence electrons. The summed E-state index contributed by atoms with van der Waals surface area (Å²) in [4.78, 5) is 26.7. The molecule has 0 unspecified atom stereocenters. The highest BCUT2D eigenvalue weighted by Crippen LogP contribution is 2.23. The van der Waals surface area contributed by atoms with Gasteiger partial charge in [0.2, 0.25) is 0 Å². The molecule has 0 saturated carbocycles. The molecule has 0 bridgehead atoms. The fourth-order valence-electron chi connectivity index (χ4n) is 6.09. The summed E-state index contributed by atoms with van der Waals surface area (Å²) in [5.74, 6) is -0.437. The lowest BCUT2D eigenvalue weighted by molar-refractivity contribution is 0.0639. The van der Waals surface area contributed by atoms with Crippen LogP contribution in [0.2, 0.25) is 0 Å². The molecule has 16 heteroatoms. The molecule has 6 N–H and O–H groups in total. The van der Waals surface area contributed by atoms with Crippen molar-refractivity contribution < 1.29 is 35.9 Å². The second-order valence-electron chi connectivity index (χ2n) is 12.9. The first-order chi connectivity index (χ1) is 29.1. The van der Waals surface area contributed by atoms with E-state index in [1.807, 2.05) is 133 Å². The molecule has 16 nitrogen and oxygen atoms in total. The van der Waals surface area contributed by atoms with Crippen molar-refractivity contribution in [2.24, 2.45) is 0 Å². The highest BCUT2D eigenvalue weighted by molar-refractivity contribution is 5.89. The minimum absolute atomic E-state index is 0.374. The molecule has 11 aromatic rings. The molecule has 0 amide bonds. The number of aryl methyl sites for hydroxylation is 1. The number of nitrogens with zero attached hydrogens (tertiary/aromatic N) is 9. The predicted molar refractivity (Wildman–Crippen MR) is 224 cm³/mol. The number of carboxylic acid groups (broad SMARTS) is 1. The van der Waals surface area contributed by atoms with E-state index in [-0.39, 0.29) is 5.82 Å². The van der Waals surface area contributed by atoms with Crippen LogP contribution in [0.1, 0.15) is 16.4 Å². The molecule has 0 radical (unpaired) electrons. The Balaban J connectivity index is 0.000000115. The van der Waals surface area contributed by atoms with Crippen molar-refractivity contribution in [2.45, 2.75) is 6.92 Å². The van der Waals surface area contributed by atoms with Crippen LogP contribution in [0.15, 0.2) is 170 Å². The molecule has 60 heavy (non-hydrogen) atoms. The molecule has 0 aliphatic rings. The smallest absolute Gasteiger partial charge is 0.375 e. The van der Waals surface area contributed by atoms with Crippen molar-refractivity contribution in [2.75, 3.05) is 0 Å². The number of rotatable bonds is 2. The van der Waals surface area contributed by atoms with Gasteiger partial charge >= 0.3 is 5.97 Å². The van der Waals surface area contributed by atoms with Crippen LogP contribution in [0.5, 0.6) is 0 Å². The lowest BCUT2D eigenvalue weighted by Gasteiger charge is -1.99. The number of carboxylic acids is 1. The monoisotopic (exact) mass is 803 g/mol. The van der Waals surface area contributed by atoms with Crippen molar-refractivity contribution in [1.82, 2.24) is 43.6 Å². The molecule has 0 atom stereocenters. The van der Waals surface area contributed by atoms with Gasteiger partial charge in [-0.2, -0.15) is 23.7 Å². The van der Waals surface area contributed by atoms with Crippen LogP contribution in [0.4, 0.5) is 0 Å². The molecule has 5 aromatic heterocycles. The van der Waals surface area contributed by atoms with Crippen molar-refractivity contribution in [3.63, 3.8) is 0 Å². The summed E-state index contributed by atoms with van der Waals surface area (Å²) in [5.41, 5.74) is 7.25. The SMILES string of the molecule is Cc1nc2ccccc2n1O.O=C(O)c1nc2ccccc2n1O.On1c(-c2ccccc2)nc2ccccc21.On1ccc2ccccc21.On1cnc2ccccc21. The van der Waals surface area contributed by atoms with E-state index in [0.29, 0.717) is 27.4 Å². The van der Waals surface area contributed by atoms with E-state index in [2.05, 4.69) is 19.9 Å². The number of imidazole rings is 4. The number of para-hydroxylation sites is 9. The van der Waals surface area contributed by atoms with E-state index in [9.17, 15) is 20.4 Å². The van der Waals surface area contributed by atoms with Gasteiger partial charge in [-0.1, -0.05) is 97.1 Å². The minimum atomic E-state index is -1.25. The normalized spacial score (nSPS) is 10.6. The number of hydrogen-bond donors (Lipinski definition) is 6. The third-order valence-corrected chi connectivity index (χ3v) is 9.01. The Morgan fingerprint density at radius 1 is 0.467 bits per heavy atom. The molecule has 0 spiro atoms. The molecule has 0 aliphatic heterocycles. The maximum Gasteiger partial charge on any atom is 0.375 e. The summed E-state index contributed by atoms with van der Waals surface area (Å²) in [7, 11) is 0. The van der Waals surface area contributed by atoms with Gasteiger partial charge in [0.15, 0.2) is 5.82 Å². The average molecular weight is 804 g/mol. The first kappa shape index (κ1) is 39.4. The van der Waals surface area contributed by atoms with Gasteiger partial charge in [-0.25, -0.2) is 24.7 Å². The number of carbonyl (C=O) groups is 1. The quantitative estimate of drug-likeness (QED) is 0.0910. The first-order valence-electron chi connectivity index (χ1n) is 18.2. The van der Waals surface area contributed by atoms with Gasteiger partial charge in [0.1, 0.15) is 34.2 Å². The third-order valence-electron chi connectivity index (χ3n) is 9.01. The zero-order valence-electron chi connectivity index (χ0n) is 31.8. The van der Waals surface area contributed by atoms with Gasteiger partial charge in [0.25, 0.3) is 5.82 Å². The van der Waals surface area contributed by atoms with Crippen LogP contribution >= 0.6 is 0 Å². The molecule has 11 rings (SSSR count). The van der Waals surface area contributed by atoms with Gasteiger partial charge < -0.3 is 31.1 Å². The van der Waals surface area contributed by atoms with Crippen molar-refractivity contribution in [3.8, 4) is 11.4 Å². The zero-order chi connectivity index (χ0) is 42.2. The topological polar surface area (TPSA) is 215 Å². The largest absolute Gasteiger partial charge is 0.475 e. The van der Waals surface area contributed by atoms with Crippen LogP contribution in [0.3, 0.4) is 0 Å². The molecular formula is C44H37N9O7. The number of benzene rings is 6. The van der Waals surface area contributed by atoms with E-state index < -0.39 is 5.97 Å². The highest BCUT2D eigenvalue weighted by atomic mass is 16.5.